The minimum absolute atomic E-state index is 0.00667. The van der Waals surface area contributed by atoms with Crippen molar-refractivity contribution in [2.24, 2.45) is 0 Å². The standard InChI is InChI=1S/C40H40O20/c1-19(41)52-28-15-30(53-20(2)42)29-17-36(37(59-31(29)16-28)26-11-34(56-23(5)45)39(58-25(7)47)35(12-26)57-24(6)46)60-40(48)27-13-32(54-21(3)43)38(33(14-27)55-22(4)44)51-18-50-10-9-49-8/h11-16,36-37H,9-10,17-18H2,1-8H3/t36-,37-/m1/s1. The van der Waals surface area contributed by atoms with Gasteiger partial charge >= 0.3 is 47.8 Å². The monoisotopic (exact) mass is 840 g/mol. The minimum Gasteiger partial charge on any atom is -0.481 e. The number of benzene rings is 3. The summed E-state index contributed by atoms with van der Waals surface area (Å²) in [4.78, 5) is 99.2. The quantitative estimate of drug-likeness (QED) is 0.0853. The first-order chi connectivity index (χ1) is 28.3. The summed E-state index contributed by atoms with van der Waals surface area (Å²) in [5.74, 6) is -9.42. The summed E-state index contributed by atoms with van der Waals surface area (Å²) < 4.78 is 65.5. The van der Waals surface area contributed by atoms with Gasteiger partial charge in [0.1, 0.15) is 23.4 Å². The van der Waals surface area contributed by atoms with Crippen LogP contribution in [-0.2, 0) is 54.2 Å². The molecular formula is C40H40O20. The first-order valence-corrected chi connectivity index (χ1v) is 17.7. The van der Waals surface area contributed by atoms with E-state index in [2.05, 4.69) is 0 Å². The van der Waals surface area contributed by atoms with Gasteiger partial charge in [-0.25, -0.2) is 4.79 Å². The molecule has 2 atom stereocenters. The van der Waals surface area contributed by atoms with Crippen molar-refractivity contribution < 1.29 is 95.2 Å². The van der Waals surface area contributed by atoms with E-state index in [4.69, 9.17) is 56.8 Å². The van der Waals surface area contributed by atoms with Crippen LogP contribution in [0.5, 0.6) is 51.7 Å². The highest BCUT2D eigenvalue weighted by Crippen LogP contribution is 2.48. The van der Waals surface area contributed by atoms with Gasteiger partial charge in [-0.2, -0.15) is 0 Å². The Morgan fingerprint density at radius 3 is 1.53 bits per heavy atom. The summed E-state index contributed by atoms with van der Waals surface area (Å²) in [5, 5.41) is 0. The van der Waals surface area contributed by atoms with Gasteiger partial charge in [0.2, 0.25) is 11.5 Å². The van der Waals surface area contributed by atoms with Crippen LogP contribution in [0.3, 0.4) is 0 Å². The molecule has 20 nitrogen and oxygen atoms in total. The van der Waals surface area contributed by atoms with Gasteiger partial charge in [0.25, 0.3) is 0 Å². The summed E-state index contributed by atoms with van der Waals surface area (Å²) >= 11 is 0. The first-order valence-electron chi connectivity index (χ1n) is 17.7. The number of esters is 8. The van der Waals surface area contributed by atoms with Gasteiger partial charge in [0.05, 0.1) is 18.8 Å². The van der Waals surface area contributed by atoms with E-state index >= 15 is 0 Å². The number of ether oxygens (including phenoxy) is 12. The molecule has 0 fully saturated rings. The summed E-state index contributed by atoms with van der Waals surface area (Å²) in [6, 6.07) is 7.10. The second kappa shape index (κ2) is 20.6. The number of carbonyl (C=O) groups excluding carboxylic acids is 8. The normalized spacial score (nSPS) is 13.9. The Balaban J connectivity index is 1.92. The SMILES string of the molecule is COCCOCOc1c(OC(C)=O)cc(C(=O)O[C@@H]2Cc3c(OC(C)=O)cc(OC(C)=O)cc3O[C@@H]2c2cc(OC(C)=O)c(OC(C)=O)c(OC(C)=O)c2)cc1OC(C)=O. The molecule has 60 heavy (non-hydrogen) atoms. The van der Waals surface area contributed by atoms with Crippen LogP contribution in [0.25, 0.3) is 0 Å². The third kappa shape index (κ3) is 12.7. The van der Waals surface area contributed by atoms with E-state index in [1.54, 1.807) is 0 Å². The molecule has 1 aliphatic heterocycles. The molecule has 0 saturated carbocycles. The Bertz CT molecular complexity index is 2110. The highest BCUT2D eigenvalue weighted by atomic mass is 16.7. The number of hydrogen-bond donors (Lipinski definition) is 0. The van der Waals surface area contributed by atoms with Crippen molar-refractivity contribution >= 4 is 47.8 Å². The van der Waals surface area contributed by atoms with Crippen molar-refractivity contribution in [3.05, 3.63) is 53.1 Å². The minimum atomic E-state index is -1.43. The molecule has 3 aromatic carbocycles. The van der Waals surface area contributed by atoms with Crippen LogP contribution in [0, 0.1) is 0 Å². The van der Waals surface area contributed by atoms with Crippen molar-refractivity contribution in [3.63, 3.8) is 0 Å². The van der Waals surface area contributed by atoms with Crippen LogP contribution >= 0.6 is 0 Å². The Morgan fingerprint density at radius 2 is 1.05 bits per heavy atom. The highest BCUT2D eigenvalue weighted by molar-refractivity contribution is 5.92. The maximum atomic E-state index is 14.2. The van der Waals surface area contributed by atoms with Crippen LogP contribution in [0.4, 0.5) is 0 Å². The third-order valence-corrected chi connectivity index (χ3v) is 7.52. The van der Waals surface area contributed by atoms with E-state index < -0.39 is 84.0 Å². The van der Waals surface area contributed by atoms with Gasteiger partial charge in [0.15, 0.2) is 35.9 Å². The molecular weight excluding hydrogens is 800 g/mol. The molecule has 0 N–H and O–H groups in total. The van der Waals surface area contributed by atoms with Crippen molar-refractivity contribution in [2.75, 3.05) is 27.1 Å². The predicted molar refractivity (Wildman–Crippen MR) is 198 cm³/mol. The van der Waals surface area contributed by atoms with E-state index in [9.17, 15) is 38.4 Å². The molecule has 0 unspecified atom stereocenters. The van der Waals surface area contributed by atoms with Crippen molar-refractivity contribution in [2.45, 2.75) is 67.1 Å². The number of carbonyl (C=O) groups is 8. The number of hydrogen-bond acceptors (Lipinski definition) is 20. The van der Waals surface area contributed by atoms with E-state index in [1.165, 1.54) is 31.4 Å². The smallest absolute Gasteiger partial charge is 0.338 e. The lowest BCUT2D eigenvalue weighted by molar-refractivity contribution is -0.135. The molecule has 3 aromatic rings. The van der Waals surface area contributed by atoms with Crippen LogP contribution in [0.15, 0.2) is 36.4 Å². The third-order valence-electron chi connectivity index (χ3n) is 7.52. The second-order valence-electron chi connectivity index (χ2n) is 12.6. The van der Waals surface area contributed by atoms with Gasteiger partial charge < -0.3 is 56.8 Å². The zero-order valence-electron chi connectivity index (χ0n) is 33.6. The molecule has 0 spiro atoms. The molecule has 1 aliphatic rings. The van der Waals surface area contributed by atoms with Crippen LogP contribution in [0.2, 0.25) is 0 Å². The van der Waals surface area contributed by atoms with Crippen molar-refractivity contribution in [1.82, 2.24) is 0 Å². The maximum absolute atomic E-state index is 14.2. The molecule has 0 radical (unpaired) electrons. The average molecular weight is 841 g/mol. The molecule has 0 bridgehead atoms. The lowest BCUT2D eigenvalue weighted by Gasteiger charge is -2.34. The Hall–Kier alpha value is -7.06. The molecule has 1 heterocycles. The molecule has 20 heteroatoms. The largest absolute Gasteiger partial charge is 0.481 e. The van der Waals surface area contributed by atoms with Gasteiger partial charge in [-0.3, -0.25) is 33.6 Å². The first kappa shape index (κ1) is 45.6. The van der Waals surface area contributed by atoms with E-state index in [-0.39, 0.29) is 70.8 Å². The van der Waals surface area contributed by atoms with E-state index in [0.29, 0.717) is 0 Å². The molecule has 320 valence electrons. The van der Waals surface area contributed by atoms with Crippen molar-refractivity contribution in [1.29, 1.82) is 0 Å². The summed E-state index contributed by atoms with van der Waals surface area (Å²) in [7, 11) is 1.46. The van der Waals surface area contributed by atoms with Gasteiger partial charge in [0, 0.05) is 85.3 Å². The van der Waals surface area contributed by atoms with Crippen LogP contribution in [0.1, 0.15) is 76.1 Å². The zero-order chi connectivity index (χ0) is 44.3. The summed E-state index contributed by atoms with van der Waals surface area (Å²) in [6.45, 7) is 7.49. The highest BCUT2D eigenvalue weighted by Gasteiger charge is 2.39. The fourth-order valence-corrected chi connectivity index (χ4v) is 5.55. The Morgan fingerprint density at radius 1 is 0.567 bits per heavy atom. The number of methoxy groups -OCH3 is 1. The Kier molecular flexibility index (Phi) is 15.6. The summed E-state index contributed by atoms with van der Waals surface area (Å²) in [6.07, 6.45) is -3.14. The fraction of sp³-hybridized carbons (Fsp3) is 0.350. The number of fused-ring (bicyclic) bond motifs is 1. The maximum Gasteiger partial charge on any atom is 0.338 e. The second-order valence-corrected chi connectivity index (χ2v) is 12.6. The molecule has 0 aliphatic carbocycles. The van der Waals surface area contributed by atoms with Crippen molar-refractivity contribution in [3.8, 4) is 51.7 Å². The predicted octanol–water partition coefficient (Wildman–Crippen LogP) is 4.06. The Labute approximate surface area is 341 Å². The van der Waals surface area contributed by atoms with E-state index in [0.717, 1.165) is 60.6 Å². The van der Waals surface area contributed by atoms with Gasteiger partial charge in [-0.15, -0.1) is 0 Å². The summed E-state index contributed by atoms with van der Waals surface area (Å²) in [5.41, 5.74) is -0.172. The van der Waals surface area contributed by atoms with E-state index in [1.807, 2.05) is 0 Å². The molecule has 4 rings (SSSR count). The topological polar surface area (TPSA) is 247 Å². The lowest BCUT2D eigenvalue weighted by atomic mass is 9.93. The molecule has 0 aromatic heterocycles. The molecule has 0 saturated heterocycles. The van der Waals surface area contributed by atoms with Crippen LogP contribution < -0.4 is 42.6 Å². The van der Waals surface area contributed by atoms with Gasteiger partial charge in [-0.05, 0) is 24.3 Å². The average Bonchev–Trinajstić information content (AvgIpc) is 3.12. The lowest BCUT2D eigenvalue weighted by Crippen LogP contribution is -2.35. The number of rotatable bonds is 16. The fourth-order valence-electron chi connectivity index (χ4n) is 5.55. The van der Waals surface area contributed by atoms with Gasteiger partial charge in [-0.1, -0.05) is 0 Å². The zero-order valence-corrected chi connectivity index (χ0v) is 33.6. The van der Waals surface area contributed by atoms with Crippen LogP contribution in [-0.4, -0.2) is 81.0 Å². The molecule has 0 amide bonds.